The zero-order chi connectivity index (χ0) is 18.4. The van der Waals surface area contributed by atoms with E-state index in [9.17, 15) is 13.2 Å². The lowest BCUT2D eigenvalue weighted by Crippen LogP contribution is -2.23. The molecule has 2 rings (SSSR count). The van der Waals surface area contributed by atoms with Crippen molar-refractivity contribution in [2.24, 2.45) is 0 Å². The first-order valence-corrected chi connectivity index (χ1v) is 9.61. The van der Waals surface area contributed by atoms with Crippen molar-refractivity contribution in [1.82, 2.24) is 5.32 Å². The predicted molar refractivity (Wildman–Crippen MR) is 98.0 cm³/mol. The molecule has 0 aliphatic carbocycles. The fourth-order valence-electron chi connectivity index (χ4n) is 2.38. The third-order valence-electron chi connectivity index (χ3n) is 3.65. The Hall–Kier alpha value is -2.38. The summed E-state index contributed by atoms with van der Waals surface area (Å²) in [7, 11) is -1.78. The van der Waals surface area contributed by atoms with Crippen LogP contribution in [-0.4, -0.2) is 27.7 Å². The molecule has 0 spiro atoms. The van der Waals surface area contributed by atoms with Gasteiger partial charge in [-0.3, -0.25) is 9.52 Å². The van der Waals surface area contributed by atoms with E-state index in [-0.39, 0.29) is 5.91 Å². The number of carbonyl (C=O) groups is 1. The summed E-state index contributed by atoms with van der Waals surface area (Å²) in [5.41, 5.74) is 3.51. The minimum absolute atomic E-state index is 0.274. The molecule has 0 atom stereocenters. The molecular formula is C18H22N2O4S. The summed E-state index contributed by atoms with van der Waals surface area (Å²) in [6.45, 7) is 2.61. The molecule has 25 heavy (non-hydrogen) atoms. The Balaban J connectivity index is 2.13. The number of rotatable bonds is 7. The van der Waals surface area contributed by atoms with Crippen LogP contribution in [0.1, 0.15) is 27.0 Å². The molecule has 2 N–H and O–H groups in total. The van der Waals surface area contributed by atoms with Gasteiger partial charge in [-0.1, -0.05) is 30.3 Å². The number of sulfonamides is 1. The van der Waals surface area contributed by atoms with E-state index < -0.39 is 10.0 Å². The summed E-state index contributed by atoms with van der Waals surface area (Å²) >= 11 is 0. The van der Waals surface area contributed by atoms with Gasteiger partial charge in [-0.25, -0.2) is 8.42 Å². The topological polar surface area (TPSA) is 84.5 Å². The van der Waals surface area contributed by atoms with Crippen LogP contribution >= 0.6 is 0 Å². The number of ether oxygens (including phenoxy) is 1. The van der Waals surface area contributed by atoms with E-state index in [0.29, 0.717) is 24.4 Å². The lowest BCUT2D eigenvalue weighted by Gasteiger charge is -2.12. The Labute approximate surface area is 148 Å². The molecule has 0 radical (unpaired) electrons. The van der Waals surface area contributed by atoms with E-state index in [1.54, 1.807) is 26.2 Å². The Bertz CT molecular complexity index is 863. The lowest BCUT2D eigenvalue weighted by molar-refractivity contribution is 0.0950. The molecular weight excluding hydrogens is 340 g/mol. The van der Waals surface area contributed by atoms with Crippen LogP contribution in [0.4, 0.5) is 5.69 Å². The van der Waals surface area contributed by atoms with Crippen molar-refractivity contribution in [2.45, 2.75) is 20.1 Å². The predicted octanol–water partition coefficient (Wildman–Crippen LogP) is 2.44. The van der Waals surface area contributed by atoms with Gasteiger partial charge in [-0.2, -0.15) is 0 Å². The van der Waals surface area contributed by atoms with Crippen LogP contribution in [0.3, 0.4) is 0 Å². The van der Waals surface area contributed by atoms with E-state index in [1.165, 1.54) is 6.07 Å². The molecule has 0 saturated carbocycles. The summed E-state index contributed by atoms with van der Waals surface area (Å²) in [5, 5.41) is 2.85. The van der Waals surface area contributed by atoms with E-state index in [1.807, 2.05) is 24.3 Å². The molecule has 0 aromatic heterocycles. The number of hydrogen-bond donors (Lipinski definition) is 2. The number of methoxy groups -OCH3 is 1. The van der Waals surface area contributed by atoms with Crippen LogP contribution in [0.2, 0.25) is 0 Å². The van der Waals surface area contributed by atoms with Gasteiger partial charge in [-0.05, 0) is 35.7 Å². The first kappa shape index (κ1) is 19.0. The van der Waals surface area contributed by atoms with Gasteiger partial charge in [0.2, 0.25) is 10.0 Å². The molecule has 2 aromatic carbocycles. The van der Waals surface area contributed by atoms with Crippen molar-refractivity contribution in [2.75, 3.05) is 18.1 Å². The summed E-state index contributed by atoms with van der Waals surface area (Å²) in [4.78, 5) is 12.4. The summed E-state index contributed by atoms with van der Waals surface area (Å²) in [6, 6.07) is 12.6. The minimum atomic E-state index is -3.40. The highest BCUT2D eigenvalue weighted by atomic mass is 32.2. The van der Waals surface area contributed by atoms with Crippen molar-refractivity contribution in [3.05, 3.63) is 64.7 Å². The van der Waals surface area contributed by atoms with Crippen molar-refractivity contribution in [3.63, 3.8) is 0 Å². The maximum atomic E-state index is 12.4. The van der Waals surface area contributed by atoms with E-state index in [2.05, 4.69) is 10.0 Å². The number of hydrogen-bond acceptors (Lipinski definition) is 4. The maximum absolute atomic E-state index is 12.4. The number of anilines is 1. The summed E-state index contributed by atoms with van der Waals surface area (Å²) < 4.78 is 30.4. The lowest BCUT2D eigenvalue weighted by atomic mass is 10.1. The second-order valence-corrected chi connectivity index (χ2v) is 7.54. The third-order valence-corrected chi connectivity index (χ3v) is 4.24. The number of amides is 1. The SMILES string of the molecule is COCc1ccccc1CNC(=O)c1ccc(C)c(NS(C)(=O)=O)c1. The van der Waals surface area contributed by atoms with Crippen molar-refractivity contribution < 1.29 is 17.9 Å². The standard InChI is InChI=1S/C18H22N2O4S/c1-13-8-9-14(10-17(13)20-25(3,22)23)18(21)19-11-15-6-4-5-7-16(15)12-24-2/h4-10,20H,11-12H2,1-3H3,(H,19,21). The van der Waals surface area contributed by atoms with E-state index in [0.717, 1.165) is 22.9 Å². The molecule has 0 fully saturated rings. The van der Waals surface area contributed by atoms with Gasteiger partial charge in [0, 0.05) is 19.2 Å². The molecule has 0 heterocycles. The number of aryl methyl sites for hydroxylation is 1. The molecule has 2 aromatic rings. The quantitative estimate of drug-likeness (QED) is 0.792. The Kier molecular flexibility index (Phi) is 6.17. The highest BCUT2D eigenvalue weighted by Crippen LogP contribution is 2.18. The average molecular weight is 362 g/mol. The Morgan fingerprint density at radius 2 is 1.80 bits per heavy atom. The Morgan fingerprint density at radius 1 is 1.12 bits per heavy atom. The van der Waals surface area contributed by atoms with Crippen molar-refractivity contribution >= 4 is 21.6 Å². The molecule has 0 saturated heterocycles. The van der Waals surface area contributed by atoms with Gasteiger partial charge in [0.25, 0.3) is 5.91 Å². The van der Waals surface area contributed by atoms with Gasteiger partial charge >= 0.3 is 0 Å². The van der Waals surface area contributed by atoms with Crippen LogP contribution in [0.15, 0.2) is 42.5 Å². The normalized spacial score (nSPS) is 11.2. The van der Waals surface area contributed by atoms with E-state index >= 15 is 0 Å². The molecule has 0 aliphatic rings. The second kappa shape index (κ2) is 8.13. The molecule has 1 amide bonds. The number of benzene rings is 2. The van der Waals surface area contributed by atoms with E-state index in [4.69, 9.17) is 4.74 Å². The average Bonchev–Trinajstić information content (AvgIpc) is 2.55. The zero-order valence-corrected chi connectivity index (χ0v) is 15.3. The molecule has 134 valence electrons. The molecule has 0 aliphatic heterocycles. The third kappa shape index (κ3) is 5.58. The van der Waals surface area contributed by atoms with Crippen LogP contribution in [0.25, 0.3) is 0 Å². The highest BCUT2D eigenvalue weighted by Gasteiger charge is 2.11. The van der Waals surface area contributed by atoms with Crippen LogP contribution in [-0.2, 0) is 27.9 Å². The van der Waals surface area contributed by atoms with Gasteiger partial charge in [0.15, 0.2) is 0 Å². The minimum Gasteiger partial charge on any atom is -0.380 e. The summed E-state index contributed by atoms with van der Waals surface area (Å²) in [5.74, 6) is -0.274. The molecule has 0 bridgehead atoms. The van der Waals surface area contributed by atoms with Gasteiger partial charge in [0.1, 0.15) is 0 Å². The first-order valence-electron chi connectivity index (χ1n) is 7.72. The van der Waals surface area contributed by atoms with Crippen LogP contribution in [0.5, 0.6) is 0 Å². The van der Waals surface area contributed by atoms with Gasteiger partial charge in [0.05, 0.1) is 18.6 Å². The molecule has 6 nitrogen and oxygen atoms in total. The Morgan fingerprint density at radius 3 is 2.44 bits per heavy atom. The second-order valence-electron chi connectivity index (χ2n) is 5.79. The molecule has 0 unspecified atom stereocenters. The summed E-state index contributed by atoms with van der Waals surface area (Å²) in [6.07, 6.45) is 1.08. The molecule has 7 heteroatoms. The van der Waals surface area contributed by atoms with Crippen LogP contribution < -0.4 is 10.0 Å². The fraction of sp³-hybridized carbons (Fsp3) is 0.278. The largest absolute Gasteiger partial charge is 0.380 e. The first-order chi connectivity index (χ1) is 11.8. The smallest absolute Gasteiger partial charge is 0.251 e. The number of nitrogens with one attached hydrogen (secondary N) is 2. The highest BCUT2D eigenvalue weighted by molar-refractivity contribution is 7.92. The fourth-order valence-corrected chi connectivity index (χ4v) is 3.00. The van der Waals surface area contributed by atoms with Gasteiger partial charge in [-0.15, -0.1) is 0 Å². The van der Waals surface area contributed by atoms with Crippen molar-refractivity contribution in [1.29, 1.82) is 0 Å². The van der Waals surface area contributed by atoms with Crippen molar-refractivity contribution in [3.8, 4) is 0 Å². The maximum Gasteiger partial charge on any atom is 0.251 e. The van der Waals surface area contributed by atoms with Gasteiger partial charge < -0.3 is 10.1 Å². The zero-order valence-electron chi connectivity index (χ0n) is 14.5. The van der Waals surface area contributed by atoms with Crippen LogP contribution in [0, 0.1) is 6.92 Å². The monoisotopic (exact) mass is 362 g/mol. The number of carbonyl (C=O) groups excluding carboxylic acids is 1.